The number of rotatable bonds is 7. The molecule has 1 aromatic carbocycles. The molecule has 0 aliphatic rings. The van der Waals surface area contributed by atoms with Crippen molar-refractivity contribution in [3.63, 3.8) is 0 Å². The Morgan fingerprint density at radius 3 is 2.62 bits per heavy atom. The van der Waals surface area contributed by atoms with Gasteiger partial charge in [0.25, 0.3) is 0 Å². The van der Waals surface area contributed by atoms with Gasteiger partial charge >= 0.3 is 0 Å². The summed E-state index contributed by atoms with van der Waals surface area (Å²) in [5.74, 6) is 0.0790. The summed E-state index contributed by atoms with van der Waals surface area (Å²) >= 11 is 7.03. The number of pyridine rings is 1. The molecule has 0 saturated carbocycles. The molecular formula is C20H21Br2N3O. The third kappa shape index (κ3) is 4.74. The summed E-state index contributed by atoms with van der Waals surface area (Å²) in [4.78, 5) is 16.7. The van der Waals surface area contributed by atoms with Crippen molar-refractivity contribution in [1.82, 2.24) is 9.38 Å². The van der Waals surface area contributed by atoms with Crippen molar-refractivity contribution < 1.29 is 4.79 Å². The maximum absolute atomic E-state index is 12.0. The number of carbonyl (C=O) groups is 1. The topological polar surface area (TPSA) is 46.4 Å². The van der Waals surface area contributed by atoms with Crippen LogP contribution in [-0.2, 0) is 4.79 Å². The molecule has 3 aromatic rings. The lowest BCUT2D eigenvalue weighted by atomic mass is 10.1. The van der Waals surface area contributed by atoms with Crippen LogP contribution >= 0.6 is 31.9 Å². The van der Waals surface area contributed by atoms with Crippen molar-refractivity contribution in [3.05, 3.63) is 51.7 Å². The summed E-state index contributed by atoms with van der Waals surface area (Å²) in [7, 11) is 0. The van der Waals surface area contributed by atoms with Gasteiger partial charge < -0.3 is 9.72 Å². The second-order valence-corrected chi connectivity index (χ2v) is 8.07. The van der Waals surface area contributed by atoms with E-state index in [-0.39, 0.29) is 5.91 Å². The van der Waals surface area contributed by atoms with Gasteiger partial charge in [-0.15, -0.1) is 0 Å². The number of nitrogens with zero attached hydrogens (tertiary/aromatic N) is 2. The molecule has 0 unspecified atom stereocenters. The predicted molar refractivity (Wildman–Crippen MR) is 113 cm³/mol. The number of benzene rings is 1. The number of hydrogen-bond acceptors (Lipinski definition) is 2. The smallest absolute Gasteiger partial charge is 0.224 e. The van der Waals surface area contributed by atoms with Gasteiger partial charge in [-0.25, -0.2) is 4.98 Å². The zero-order chi connectivity index (χ0) is 18.5. The summed E-state index contributed by atoms with van der Waals surface area (Å²) < 4.78 is 3.90. The molecule has 1 amide bonds. The third-order valence-electron chi connectivity index (χ3n) is 4.19. The molecule has 2 aromatic heterocycles. The fourth-order valence-corrected chi connectivity index (χ4v) is 4.12. The molecule has 2 heterocycles. The Hall–Kier alpha value is -1.66. The Bertz CT molecular complexity index is 903. The van der Waals surface area contributed by atoms with Gasteiger partial charge in [0.2, 0.25) is 5.91 Å². The van der Waals surface area contributed by atoms with Crippen molar-refractivity contribution in [2.75, 3.05) is 5.32 Å². The first kappa shape index (κ1) is 19.1. The summed E-state index contributed by atoms with van der Waals surface area (Å²) in [5, 5.41) is 2.96. The highest BCUT2D eigenvalue weighted by Crippen LogP contribution is 2.27. The molecule has 1 N–H and O–H groups in total. The number of unbranched alkanes of at least 4 members (excludes halogenated alkanes) is 3. The lowest BCUT2D eigenvalue weighted by Gasteiger charge is -2.06. The monoisotopic (exact) mass is 477 g/mol. The van der Waals surface area contributed by atoms with Crippen molar-refractivity contribution in [2.24, 2.45) is 0 Å². The highest BCUT2D eigenvalue weighted by atomic mass is 79.9. The third-order valence-corrected chi connectivity index (χ3v) is 5.21. The number of imidazole rings is 1. The van der Waals surface area contributed by atoms with Crippen LogP contribution in [0.4, 0.5) is 5.69 Å². The number of carbonyl (C=O) groups excluding carboxylic acids is 1. The van der Waals surface area contributed by atoms with Gasteiger partial charge in [0.1, 0.15) is 0 Å². The maximum atomic E-state index is 12.0. The van der Waals surface area contributed by atoms with Crippen molar-refractivity contribution in [3.8, 4) is 11.3 Å². The molecule has 4 nitrogen and oxygen atoms in total. The van der Waals surface area contributed by atoms with E-state index in [0.29, 0.717) is 6.42 Å². The summed E-state index contributed by atoms with van der Waals surface area (Å²) in [6.07, 6.45) is 8.98. The molecule has 0 aliphatic heterocycles. The Balaban J connectivity index is 1.68. The predicted octanol–water partition coefficient (Wildman–Crippen LogP) is 6.44. The van der Waals surface area contributed by atoms with Crippen LogP contribution in [0.15, 0.2) is 51.7 Å². The van der Waals surface area contributed by atoms with E-state index in [1.807, 2.05) is 47.1 Å². The Morgan fingerprint density at radius 1 is 1.12 bits per heavy atom. The van der Waals surface area contributed by atoms with Crippen LogP contribution in [0.5, 0.6) is 0 Å². The number of halogens is 2. The number of nitrogens with one attached hydrogen (secondary N) is 1. The molecule has 0 radical (unpaired) electrons. The normalized spacial score (nSPS) is 11.0. The molecule has 0 saturated heterocycles. The van der Waals surface area contributed by atoms with Gasteiger partial charge in [-0.3, -0.25) is 4.79 Å². The van der Waals surface area contributed by atoms with E-state index in [0.717, 1.165) is 44.4 Å². The van der Waals surface area contributed by atoms with Gasteiger partial charge in [0.15, 0.2) is 5.65 Å². The van der Waals surface area contributed by atoms with Gasteiger partial charge in [-0.1, -0.05) is 38.3 Å². The molecule has 0 aliphatic carbocycles. The minimum Gasteiger partial charge on any atom is -0.326 e. The van der Waals surface area contributed by atoms with Gasteiger partial charge in [0, 0.05) is 34.5 Å². The lowest BCUT2D eigenvalue weighted by molar-refractivity contribution is -0.116. The first-order valence-corrected chi connectivity index (χ1v) is 10.4. The van der Waals surface area contributed by atoms with E-state index in [1.165, 1.54) is 12.8 Å². The average molecular weight is 479 g/mol. The summed E-state index contributed by atoms with van der Waals surface area (Å²) in [5.41, 5.74) is 3.59. The second-order valence-electron chi connectivity index (χ2n) is 6.30. The summed E-state index contributed by atoms with van der Waals surface area (Å²) in [6.45, 7) is 2.17. The molecule has 0 atom stereocenters. The number of anilines is 1. The number of amides is 1. The van der Waals surface area contributed by atoms with Gasteiger partial charge in [-0.05, 0) is 56.5 Å². The molecule has 0 fully saturated rings. The van der Waals surface area contributed by atoms with Gasteiger partial charge in [-0.2, -0.15) is 0 Å². The van der Waals surface area contributed by atoms with Crippen LogP contribution in [0.3, 0.4) is 0 Å². The molecule has 0 bridgehead atoms. The highest BCUT2D eigenvalue weighted by molar-refractivity contribution is 9.11. The van der Waals surface area contributed by atoms with Crippen LogP contribution in [0, 0.1) is 0 Å². The fourth-order valence-electron chi connectivity index (χ4n) is 2.82. The van der Waals surface area contributed by atoms with Gasteiger partial charge in [0.05, 0.1) is 10.2 Å². The van der Waals surface area contributed by atoms with Crippen molar-refractivity contribution >= 4 is 49.1 Å². The lowest BCUT2D eigenvalue weighted by Crippen LogP contribution is -2.10. The molecule has 0 spiro atoms. The zero-order valence-electron chi connectivity index (χ0n) is 14.6. The second kappa shape index (κ2) is 8.82. The SMILES string of the molecule is CCCCCCC(=O)Nc1ccc(-c2cn3cc(Br)cc(Br)c3n2)cc1. The molecular weight excluding hydrogens is 458 g/mol. The number of hydrogen-bond donors (Lipinski definition) is 1. The number of fused-ring (bicyclic) bond motifs is 1. The van der Waals surface area contributed by atoms with Crippen LogP contribution < -0.4 is 5.32 Å². The van der Waals surface area contributed by atoms with Crippen LogP contribution in [-0.4, -0.2) is 15.3 Å². The minimum atomic E-state index is 0.0790. The van der Waals surface area contributed by atoms with Crippen LogP contribution in [0.25, 0.3) is 16.9 Å². The zero-order valence-corrected chi connectivity index (χ0v) is 17.8. The standard InChI is InChI=1S/C20H21Br2N3O/c1-2-3-4-5-6-19(26)23-16-9-7-14(8-10-16)18-13-25-12-15(21)11-17(22)20(25)24-18/h7-13H,2-6H2,1H3,(H,23,26). The Morgan fingerprint density at radius 2 is 1.88 bits per heavy atom. The van der Waals surface area contributed by atoms with Crippen molar-refractivity contribution in [1.29, 1.82) is 0 Å². The minimum absolute atomic E-state index is 0.0790. The fraction of sp³-hybridized carbons (Fsp3) is 0.300. The van der Waals surface area contributed by atoms with Crippen molar-refractivity contribution in [2.45, 2.75) is 39.0 Å². The molecule has 3 rings (SSSR count). The van der Waals surface area contributed by atoms with Crippen LogP contribution in [0.2, 0.25) is 0 Å². The van der Waals surface area contributed by atoms with E-state index in [2.05, 4.69) is 49.1 Å². The van der Waals surface area contributed by atoms with E-state index < -0.39 is 0 Å². The van der Waals surface area contributed by atoms with E-state index in [9.17, 15) is 4.79 Å². The Kier molecular flexibility index (Phi) is 6.48. The Labute approximate surface area is 170 Å². The van der Waals surface area contributed by atoms with E-state index in [1.54, 1.807) is 0 Å². The average Bonchev–Trinajstić information content (AvgIpc) is 3.04. The van der Waals surface area contributed by atoms with E-state index >= 15 is 0 Å². The number of aromatic nitrogens is 2. The molecule has 26 heavy (non-hydrogen) atoms. The first-order valence-electron chi connectivity index (χ1n) is 8.81. The molecule has 136 valence electrons. The summed E-state index contributed by atoms with van der Waals surface area (Å²) in [6, 6.07) is 9.79. The maximum Gasteiger partial charge on any atom is 0.224 e. The molecule has 6 heteroatoms. The van der Waals surface area contributed by atoms with Crippen LogP contribution in [0.1, 0.15) is 39.0 Å². The first-order chi connectivity index (χ1) is 12.6. The highest BCUT2D eigenvalue weighted by Gasteiger charge is 2.09. The van der Waals surface area contributed by atoms with E-state index in [4.69, 9.17) is 0 Å². The largest absolute Gasteiger partial charge is 0.326 e. The quantitative estimate of drug-likeness (QED) is 0.397.